The largest absolute Gasteiger partial charge is 0.493 e. The topological polar surface area (TPSA) is 57.1 Å². The van der Waals surface area contributed by atoms with Gasteiger partial charge in [0, 0.05) is 5.41 Å². The first-order valence-corrected chi connectivity index (χ1v) is 10.1. The van der Waals surface area contributed by atoms with Crippen LogP contribution in [0.25, 0.3) is 6.08 Å². The van der Waals surface area contributed by atoms with Crippen molar-refractivity contribution in [2.75, 3.05) is 7.11 Å². The lowest BCUT2D eigenvalue weighted by molar-refractivity contribution is -0.131. The number of carbonyl (C=O) groups excluding carboxylic acids is 1. The van der Waals surface area contributed by atoms with Gasteiger partial charge in [-0.1, -0.05) is 6.07 Å². The molecule has 1 aromatic rings. The van der Waals surface area contributed by atoms with Gasteiger partial charge in [0.15, 0.2) is 17.2 Å². The molecule has 0 radical (unpaired) electrons. The first-order chi connectivity index (χ1) is 13.9. The number of hydrogen-bond donors (Lipinski definition) is 0. The van der Waals surface area contributed by atoms with Crippen molar-refractivity contribution in [2.24, 2.45) is 28.2 Å². The number of aliphatic imine (C=N–C) groups is 1. The van der Waals surface area contributed by atoms with E-state index < -0.39 is 12.6 Å². The van der Waals surface area contributed by atoms with Crippen LogP contribution in [0, 0.1) is 23.2 Å². The summed E-state index contributed by atoms with van der Waals surface area (Å²) in [6, 6.07) is 4.59. The Labute approximate surface area is 167 Å². The highest BCUT2D eigenvalue weighted by Crippen LogP contribution is 2.61. The van der Waals surface area contributed by atoms with Crippen molar-refractivity contribution < 1.29 is 27.8 Å². The Balaban J connectivity index is 1.44. The van der Waals surface area contributed by atoms with Crippen LogP contribution < -0.4 is 9.47 Å². The van der Waals surface area contributed by atoms with Crippen molar-refractivity contribution in [3.05, 3.63) is 29.5 Å². The number of halogens is 2. The standard InChI is InChI=1S/C22H23F2NO4/c1-27-17-3-2-12(8-18(17)28-21(23)24)7-16-19(26)29-20(25-16)22-9-13-4-14(10-22)6-15(5-13)11-22/h2-3,7-8,13-15,21H,4-6,9-11H2,1H3/b16-7-. The SMILES string of the molecule is COc1ccc(/C=C2\N=C(C34CC5CC(CC(C5)C3)C4)OC2=O)cc1OC(F)F. The van der Waals surface area contributed by atoms with Crippen LogP contribution in [-0.4, -0.2) is 25.6 Å². The number of esters is 1. The Morgan fingerprint density at radius 1 is 1.14 bits per heavy atom. The average Bonchev–Trinajstić information content (AvgIpc) is 3.02. The number of nitrogens with zero attached hydrogens (tertiary/aromatic N) is 1. The van der Waals surface area contributed by atoms with Crippen LogP contribution in [0.2, 0.25) is 0 Å². The molecule has 0 unspecified atom stereocenters. The summed E-state index contributed by atoms with van der Waals surface area (Å²) in [4.78, 5) is 17.1. The molecule has 0 N–H and O–H groups in total. The lowest BCUT2D eigenvalue weighted by atomic mass is 9.49. The van der Waals surface area contributed by atoms with Crippen LogP contribution in [0.3, 0.4) is 0 Å². The van der Waals surface area contributed by atoms with E-state index in [1.54, 1.807) is 12.1 Å². The highest BCUT2D eigenvalue weighted by molar-refractivity contribution is 6.09. The van der Waals surface area contributed by atoms with E-state index in [1.807, 2.05) is 0 Å². The number of ether oxygens (including phenoxy) is 3. The zero-order chi connectivity index (χ0) is 20.2. The molecule has 1 aliphatic heterocycles. The highest BCUT2D eigenvalue weighted by atomic mass is 19.3. The van der Waals surface area contributed by atoms with E-state index in [9.17, 15) is 13.6 Å². The maximum atomic E-state index is 12.7. The second-order valence-corrected chi connectivity index (χ2v) is 8.82. The van der Waals surface area contributed by atoms with E-state index in [1.165, 1.54) is 38.5 Å². The Kier molecular flexibility index (Phi) is 4.37. The fraction of sp³-hybridized carbons (Fsp3) is 0.545. The Hall–Kier alpha value is -2.44. The number of rotatable bonds is 5. The van der Waals surface area contributed by atoms with Gasteiger partial charge in [-0.15, -0.1) is 0 Å². The van der Waals surface area contributed by atoms with E-state index in [2.05, 4.69) is 9.73 Å². The van der Waals surface area contributed by atoms with Gasteiger partial charge in [-0.25, -0.2) is 9.79 Å². The van der Waals surface area contributed by atoms with E-state index >= 15 is 0 Å². The van der Waals surface area contributed by atoms with Crippen molar-refractivity contribution in [3.8, 4) is 11.5 Å². The molecule has 6 rings (SSSR count). The van der Waals surface area contributed by atoms with Gasteiger partial charge in [-0.05, 0) is 80.1 Å². The fourth-order valence-corrected chi connectivity index (χ4v) is 6.14. The summed E-state index contributed by atoms with van der Waals surface area (Å²) in [5, 5.41) is 0. The summed E-state index contributed by atoms with van der Waals surface area (Å²) in [5.74, 6) is 2.32. The summed E-state index contributed by atoms with van der Waals surface area (Å²) >= 11 is 0. The molecule has 154 valence electrons. The van der Waals surface area contributed by atoms with E-state index in [0.29, 0.717) is 29.2 Å². The predicted molar refractivity (Wildman–Crippen MR) is 102 cm³/mol. The molecule has 4 saturated carbocycles. The molecular formula is C22H23F2NO4. The third-order valence-corrected chi connectivity index (χ3v) is 6.82. The number of carbonyl (C=O) groups is 1. The lowest BCUT2D eigenvalue weighted by Gasteiger charge is -2.55. The van der Waals surface area contributed by atoms with Crippen molar-refractivity contribution in [1.82, 2.24) is 0 Å². The van der Waals surface area contributed by atoms with Gasteiger partial charge in [-0.3, -0.25) is 0 Å². The van der Waals surface area contributed by atoms with Crippen molar-refractivity contribution >= 4 is 17.9 Å². The minimum atomic E-state index is -2.97. The Bertz CT molecular complexity index is 873. The summed E-state index contributed by atoms with van der Waals surface area (Å²) in [7, 11) is 1.38. The van der Waals surface area contributed by atoms with E-state index in [4.69, 9.17) is 9.47 Å². The van der Waals surface area contributed by atoms with Gasteiger partial charge in [0.1, 0.15) is 0 Å². The van der Waals surface area contributed by atoms with Crippen LogP contribution in [-0.2, 0) is 9.53 Å². The number of cyclic esters (lactones) is 1. The van der Waals surface area contributed by atoms with Gasteiger partial charge < -0.3 is 14.2 Å². The fourth-order valence-electron chi connectivity index (χ4n) is 6.14. The lowest BCUT2D eigenvalue weighted by Crippen LogP contribution is -2.50. The Morgan fingerprint density at radius 2 is 1.79 bits per heavy atom. The molecule has 5 nitrogen and oxygen atoms in total. The number of methoxy groups -OCH3 is 1. The smallest absolute Gasteiger partial charge is 0.387 e. The molecule has 4 fully saturated rings. The molecule has 0 saturated heterocycles. The monoisotopic (exact) mass is 403 g/mol. The molecule has 0 aromatic heterocycles. The summed E-state index contributed by atoms with van der Waals surface area (Å²) in [6.07, 6.45) is 8.58. The molecule has 1 aromatic carbocycles. The number of alkyl halides is 2. The van der Waals surface area contributed by atoms with Crippen LogP contribution in [0.1, 0.15) is 44.1 Å². The normalized spacial score (nSPS) is 33.9. The van der Waals surface area contributed by atoms with Crippen LogP contribution in [0.5, 0.6) is 11.5 Å². The molecule has 0 amide bonds. The minimum Gasteiger partial charge on any atom is -0.493 e. The number of benzene rings is 1. The first-order valence-electron chi connectivity index (χ1n) is 10.1. The van der Waals surface area contributed by atoms with Gasteiger partial charge in [0.05, 0.1) is 7.11 Å². The molecule has 7 heteroatoms. The van der Waals surface area contributed by atoms with Crippen molar-refractivity contribution in [2.45, 2.75) is 45.1 Å². The van der Waals surface area contributed by atoms with E-state index in [0.717, 1.165) is 19.3 Å². The second kappa shape index (κ2) is 6.82. The zero-order valence-corrected chi connectivity index (χ0v) is 16.2. The van der Waals surface area contributed by atoms with Crippen LogP contribution >= 0.6 is 0 Å². The van der Waals surface area contributed by atoms with Gasteiger partial charge in [0.25, 0.3) is 0 Å². The summed E-state index contributed by atoms with van der Waals surface area (Å²) in [5.41, 5.74) is 0.608. The van der Waals surface area contributed by atoms with Gasteiger partial charge in [-0.2, -0.15) is 8.78 Å². The number of hydrogen-bond acceptors (Lipinski definition) is 5. The van der Waals surface area contributed by atoms with Gasteiger partial charge >= 0.3 is 12.6 Å². The molecule has 0 spiro atoms. The zero-order valence-electron chi connectivity index (χ0n) is 16.2. The van der Waals surface area contributed by atoms with Crippen LogP contribution in [0.4, 0.5) is 8.78 Å². The van der Waals surface area contributed by atoms with Crippen molar-refractivity contribution in [3.63, 3.8) is 0 Å². The molecule has 29 heavy (non-hydrogen) atoms. The highest BCUT2D eigenvalue weighted by Gasteiger charge is 2.55. The maximum absolute atomic E-state index is 12.7. The van der Waals surface area contributed by atoms with Crippen molar-refractivity contribution in [1.29, 1.82) is 0 Å². The average molecular weight is 403 g/mol. The minimum absolute atomic E-state index is 0.0894. The second-order valence-electron chi connectivity index (χ2n) is 8.82. The first kappa shape index (κ1) is 18.6. The third-order valence-electron chi connectivity index (χ3n) is 6.82. The summed E-state index contributed by atoms with van der Waals surface area (Å²) < 4.78 is 40.5. The van der Waals surface area contributed by atoms with Crippen LogP contribution in [0.15, 0.2) is 28.9 Å². The maximum Gasteiger partial charge on any atom is 0.387 e. The molecule has 0 atom stereocenters. The Morgan fingerprint density at radius 3 is 2.38 bits per heavy atom. The van der Waals surface area contributed by atoms with Gasteiger partial charge in [0.2, 0.25) is 5.90 Å². The van der Waals surface area contributed by atoms with E-state index in [-0.39, 0.29) is 22.6 Å². The quantitative estimate of drug-likeness (QED) is 0.523. The molecule has 4 aliphatic carbocycles. The molecular weight excluding hydrogens is 380 g/mol. The predicted octanol–water partition coefficient (Wildman–Crippen LogP) is 4.81. The molecule has 5 aliphatic rings. The third kappa shape index (κ3) is 3.30. The molecule has 1 heterocycles. The summed E-state index contributed by atoms with van der Waals surface area (Å²) in [6.45, 7) is -2.97. The molecule has 4 bridgehead atoms.